The molecule has 0 aliphatic carbocycles. The van der Waals surface area contributed by atoms with Crippen LogP contribution in [0.4, 0.5) is 0 Å². The van der Waals surface area contributed by atoms with Gasteiger partial charge in [0.05, 0.1) is 52.8 Å². The molecular formula is C94H93BrN4O6S4. The molecule has 0 heterocycles. The maximum atomic E-state index is 13.6. The highest BCUT2D eigenvalue weighted by molar-refractivity contribution is 9.09. The number of rotatable bonds is 35. The Bertz CT molecular complexity index is 4210. The lowest BCUT2D eigenvalue weighted by Gasteiger charge is -2.36. The highest BCUT2D eigenvalue weighted by atomic mass is 79.9. The molecule has 0 bridgehead atoms. The van der Waals surface area contributed by atoms with E-state index in [2.05, 4.69) is 364 Å². The Kier molecular flexibility index (Phi) is 32.7. The molecule has 109 heavy (non-hydrogen) atoms. The van der Waals surface area contributed by atoms with Crippen molar-refractivity contribution < 1.29 is 28.7 Å². The zero-order chi connectivity index (χ0) is 76.1. The summed E-state index contributed by atoms with van der Waals surface area (Å²) >= 11 is 10.3. The van der Waals surface area contributed by atoms with Crippen LogP contribution in [-0.4, -0.2) is 117 Å². The molecule has 0 saturated carbocycles. The van der Waals surface area contributed by atoms with E-state index in [1.807, 2.05) is 88.3 Å². The van der Waals surface area contributed by atoms with Gasteiger partial charge in [0, 0.05) is 49.2 Å². The van der Waals surface area contributed by atoms with Crippen molar-refractivity contribution in [2.75, 3.05) is 88.4 Å². The number of benzene rings is 12. The lowest BCUT2D eigenvalue weighted by Crippen LogP contribution is -2.42. The molecule has 0 spiro atoms. The van der Waals surface area contributed by atoms with Crippen LogP contribution in [0.25, 0.3) is 0 Å². The molecule has 3 N–H and O–H groups in total. The molecule has 12 aromatic carbocycles. The van der Waals surface area contributed by atoms with E-state index in [0.29, 0.717) is 37.7 Å². The van der Waals surface area contributed by atoms with Gasteiger partial charge in [0.25, 0.3) is 0 Å². The van der Waals surface area contributed by atoms with Crippen molar-refractivity contribution in [1.82, 2.24) is 20.9 Å². The van der Waals surface area contributed by atoms with Crippen molar-refractivity contribution in [3.63, 3.8) is 0 Å². The summed E-state index contributed by atoms with van der Waals surface area (Å²) in [6, 6.07) is 127. The van der Waals surface area contributed by atoms with Crippen LogP contribution in [0.15, 0.2) is 364 Å². The van der Waals surface area contributed by atoms with E-state index < -0.39 is 14.2 Å². The Hall–Kier alpha value is -9.68. The second-order valence-corrected chi connectivity index (χ2v) is 31.2. The topological polar surface area (TPSA) is 126 Å². The number of carbonyl (C=O) groups excluding carboxylic acids is 4. The first kappa shape index (κ1) is 81.8. The molecule has 0 atom stereocenters. The fourth-order valence-corrected chi connectivity index (χ4v) is 19.6. The van der Waals surface area contributed by atoms with Crippen LogP contribution in [0.3, 0.4) is 0 Å². The van der Waals surface area contributed by atoms with Gasteiger partial charge >= 0.3 is 11.9 Å². The number of hydrogen-bond donors (Lipinski definition) is 3. The first-order valence-corrected chi connectivity index (χ1v) is 41.5. The number of esters is 2. The number of ether oxygens (including phenoxy) is 2. The highest BCUT2D eigenvalue weighted by Crippen LogP contribution is 2.52. The van der Waals surface area contributed by atoms with Crippen molar-refractivity contribution in [2.24, 2.45) is 0 Å². The molecule has 12 aromatic rings. The molecule has 12 rings (SSSR count). The van der Waals surface area contributed by atoms with Crippen molar-refractivity contribution in [1.29, 1.82) is 0 Å². The van der Waals surface area contributed by atoms with Crippen LogP contribution in [0.5, 0.6) is 0 Å². The summed E-state index contributed by atoms with van der Waals surface area (Å²) in [6.45, 7) is 2.64. The Morgan fingerprint density at radius 1 is 0.294 bits per heavy atom. The SMILES string of the molecule is COC(=O)CBr.COC(=O)CN(CCSC(c1ccccc1)(c1ccccc1)c1ccccc1)CC(=O)NCCSC(c1ccccc1)(c1ccccc1)c1ccccc1.O=C(CNCCSC(c1ccccc1)(c1ccccc1)c1ccccc1)NCCSC(c1ccccc1)(c1ccccc1)c1ccccc1. The van der Waals surface area contributed by atoms with Crippen LogP contribution in [0.1, 0.15) is 66.8 Å². The zero-order valence-electron chi connectivity index (χ0n) is 61.5. The van der Waals surface area contributed by atoms with E-state index in [1.54, 1.807) is 0 Å². The summed E-state index contributed by atoms with van der Waals surface area (Å²) in [6.07, 6.45) is 0. The Balaban J connectivity index is 0.000000217. The minimum atomic E-state index is -0.497. The quantitative estimate of drug-likeness (QED) is 0.0152. The van der Waals surface area contributed by atoms with E-state index in [0.717, 1.165) is 11.5 Å². The number of amides is 2. The van der Waals surface area contributed by atoms with Crippen LogP contribution in [0, 0.1) is 0 Å². The fourth-order valence-electron chi connectivity index (χ4n) is 13.5. The van der Waals surface area contributed by atoms with Gasteiger partial charge in [0.15, 0.2) is 0 Å². The predicted octanol–water partition coefficient (Wildman–Crippen LogP) is 18.7. The van der Waals surface area contributed by atoms with Gasteiger partial charge in [0.2, 0.25) is 11.8 Å². The monoisotopic (exact) mass is 1580 g/mol. The van der Waals surface area contributed by atoms with Gasteiger partial charge in [0.1, 0.15) is 5.33 Å². The summed E-state index contributed by atoms with van der Waals surface area (Å²) in [4.78, 5) is 51.0. The Labute approximate surface area is 669 Å². The molecule has 2 amide bonds. The molecule has 0 unspecified atom stereocenters. The molecule has 0 saturated heterocycles. The maximum absolute atomic E-state index is 13.6. The average Bonchev–Trinajstić information content (AvgIpc) is 0.781. The van der Waals surface area contributed by atoms with Crippen LogP contribution in [-0.2, 0) is 47.6 Å². The second kappa shape index (κ2) is 43.5. The standard InChI is InChI=1S/C47H46N2O3S2.C44H42N2OS2.C3H5BrO2/c1-52-45(51)37-49(33-35-54-47(41-26-14-5-15-27-41,42-28-16-6-17-29-42)43-30-18-7-19-31-43)36-44(50)48-32-34-53-46(38-20-8-2-9-21-38,39-22-10-3-11-23-39)40-24-12-4-13-25-40;47-42(46-32-34-49-44(39-25-13-4-14-26-39,40-27-15-5-16-28-40)41-29-17-6-18-30-41)35-45-31-33-48-43(36-19-7-1-8-20-36,37-21-9-2-10-22-37)38-23-11-3-12-24-38;1-6-3(5)2-4/h2-31H,32-37H2,1H3,(H,48,50);1-30,45H,31-35H2,(H,46,47);2H2,1H3. The van der Waals surface area contributed by atoms with Gasteiger partial charge < -0.3 is 25.4 Å². The third-order valence-electron chi connectivity index (χ3n) is 18.5. The average molecular weight is 1580 g/mol. The van der Waals surface area contributed by atoms with E-state index in [-0.39, 0.29) is 53.5 Å². The van der Waals surface area contributed by atoms with Crippen LogP contribution >= 0.6 is 63.0 Å². The lowest BCUT2D eigenvalue weighted by molar-refractivity contribution is -0.142. The third-order valence-corrected chi connectivity index (χ3v) is 25.2. The molecule has 0 aliphatic heterocycles. The number of methoxy groups -OCH3 is 2. The molecule has 15 heteroatoms. The molecule has 0 radical (unpaired) electrons. The number of nitrogens with one attached hydrogen (secondary N) is 3. The summed E-state index contributed by atoms with van der Waals surface area (Å²) in [5.41, 5.74) is 14.4. The molecule has 0 aliphatic rings. The van der Waals surface area contributed by atoms with Gasteiger partial charge in [-0.25, -0.2) is 0 Å². The van der Waals surface area contributed by atoms with Crippen molar-refractivity contribution in [2.45, 2.75) is 19.0 Å². The predicted molar refractivity (Wildman–Crippen MR) is 460 cm³/mol. The Morgan fingerprint density at radius 2 is 0.505 bits per heavy atom. The number of carbonyl (C=O) groups is 4. The van der Waals surface area contributed by atoms with E-state index in [4.69, 9.17) is 4.74 Å². The number of alkyl halides is 1. The molecular weight excluding hydrogens is 1490 g/mol. The fraction of sp³-hybridized carbons (Fsp3) is 0.191. The zero-order valence-corrected chi connectivity index (χ0v) is 66.4. The summed E-state index contributed by atoms with van der Waals surface area (Å²) < 4.78 is 7.54. The molecule has 10 nitrogen and oxygen atoms in total. The normalized spacial score (nSPS) is 11.4. The smallest absolute Gasteiger partial charge is 0.319 e. The van der Waals surface area contributed by atoms with Gasteiger partial charge in [-0.1, -0.05) is 380 Å². The largest absolute Gasteiger partial charge is 0.468 e. The number of nitrogens with zero attached hydrogens (tertiary/aromatic N) is 1. The lowest BCUT2D eigenvalue weighted by atomic mass is 9.84. The number of halogens is 1. The Morgan fingerprint density at radius 3 is 0.716 bits per heavy atom. The first-order chi connectivity index (χ1) is 53.6. The van der Waals surface area contributed by atoms with E-state index >= 15 is 0 Å². The number of hydrogen-bond acceptors (Lipinski definition) is 12. The van der Waals surface area contributed by atoms with Gasteiger partial charge in [-0.05, 0) is 66.8 Å². The van der Waals surface area contributed by atoms with Crippen molar-refractivity contribution in [3.8, 4) is 0 Å². The van der Waals surface area contributed by atoms with Gasteiger partial charge in [-0.15, -0.1) is 47.0 Å². The minimum Gasteiger partial charge on any atom is -0.468 e. The highest BCUT2D eigenvalue weighted by Gasteiger charge is 2.41. The van der Waals surface area contributed by atoms with Crippen LogP contribution < -0.4 is 16.0 Å². The number of thioether (sulfide) groups is 4. The summed E-state index contributed by atoms with van der Waals surface area (Å²) in [5.74, 6) is 2.18. The third kappa shape index (κ3) is 21.9. The second-order valence-electron chi connectivity index (χ2n) is 25.4. The van der Waals surface area contributed by atoms with Crippen molar-refractivity contribution >= 4 is 86.7 Å². The molecule has 556 valence electrons. The molecule has 0 fully saturated rings. The first-order valence-electron chi connectivity index (χ1n) is 36.5. The van der Waals surface area contributed by atoms with Crippen LogP contribution in [0.2, 0.25) is 0 Å². The van der Waals surface area contributed by atoms with Gasteiger partial charge in [-0.2, -0.15) is 0 Å². The maximum Gasteiger partial charge on any atom is 0.319 e. The van der Waals surface area contributed by atoms with E-state index in [9.17, 15) is 19.2 Å². The minimum absolute atomic E-state index is 0.00998. The summed E-state index contributed by atoms with van der Waals surface area (Å²) in [7, 11) is 2.74. The van der Waals surface area contributed by atoms with Gasteiger partial charge in [-0.3, -0.25) is 24.1 Å². The molecule has 0 aromatic heterocycles. The summed E-state index contributed by atoms with van der Waals surface area (Å²) in [5, 5.41) is 10.0. The van der Waals surface area contributed by atoms with Crippen molar-refractivity contribution in [3.05, 3.63) is 431 Å². The van der Waals surface area contributed by atoms with E-state index in [1.165, 1.54) is 81.0 Å².